The number of aromatic hydroxyl groups is 1. The van der Waals surface area contributed by atoms with Crippen molar-refractivity contribution in [2.45, 2.75) is 19.6 Å². The molecule has 0 saturated carbocycles. The lowest BCUT2D eigenvalue weighted by Gasteiger charge is -2.18. The van der Waals surface area contributed by atoms with Crippen LogP contribution in [0.3, 0.4) is 0 Å². The van der Waals surface area contributed by atoms with Gasteiger partial charge in [0.25, 0.3) is 40.5 Å². The Morgan fingerprint density at radius 1 is 0.689 bits per heavy atom. The average molecular weight is 976 g/mol. The lowest BCUT2D eigenvalue weighted by Crippen LogP contribution is -2.29. The minimum absolute atomic E-state index is 0.379. The quantitative estimate of drug-likeness (QED) is 0.0548. The van der Waals surface area contributed by atoms with Crippen LogP contribution in [0.25, 0.3) is 21.5 Å². The molecule has 4 aromatic carbocycles. The maximum atomic E-state index is 14.6. The van der Waals surface area contributed by atoms with Crippen LogP contribution in [0.15, 0.2) is 78.3 Å². The molecule has 330 valence electrons. The van der Waals surface area contributed by atoms with Gasteiger partial charge in [-0.15, -0.1) is 10.2 Å². The maximum Gasteiger partial charge on any atom is 0.397 e. The third-order valence-electron chi connectivity index (χ3n) is 8.01. The van der Waals surface area contributed by atoms with E-state index in [0.717, 1.165) is 47.4 Å². The van der Waals surface area contributed by atoms with Gasteiger partial charge in [-0.1, -0.05) is 18.2 Å². The maximum absolute atomic E-state index is 14.6. The van der Waals surface area contributed by atoms with Gasteiger partial charge in [-0.25, -0.2) is 12.6 Å². The first kappa shape index (κ1) is 46.9. The Bertz CT molecular complexity index is 3360. The molecular formula is C28H26FN7O19S6. The van der Waals surface area contributed by atoms with Gasteiger partial charge in [0.15, 0.2) is 15.6 Å². The van der Waals surface area contributed by atoms with Crippen LogP contribution in [-0.4, -0.2) is 125 Å². The number of aromatic nitrogens is 3. The fourth-order valence-corrected chi connectivity index (χ4v) is 9.98. The fraction of sp³-hybridized carbons (Fsp3) is 0.179. The number of rotatable bonds is 16. The van der Waals surface area contributed by atoms with Crippen molar-refractivity contribution in [2.24, 2.45) is 10.2 Å². The van der Waals surface area contributed by atoms with Crippen molar-refractivity contribution in [3.8, 4) is 5.75 Å². The second-order valence-electron chi connectivity index (χ2n) is 12.2. The van der Waals surface area contributed by atoms with Crippen molar-refractivity contribution in [1.82, 2.24) is 15.0 Å². The zero-order valence-electron chi connectivity index (χ0n) is 29.9. The second-order valence-corrected chi connectivity index (χ2v) is 21.0. The minimum Gasteiger partial charge on any atom is -0.505 e. The molecular weight excluding hydrogens is 950 g/mol. The van der Waals surface area contributed by atoms with Crippen LogP contribution in [-0.2, 0) is 64.9 Å². The second kappa shape index (κ2) is 16.6. The van der Waals surface area contributed by atoms with Crippen molar-refractivity contribution < 1.29 is 87.0 Å². The Hall–Kier alpha value is -5.20. The standard InChI is InChI=1S/C28H26FN7O19S6/c1-36(9-11-56(38,39)12-10-55-61(52,53)54)28-32-26(29)31-27(33-28)30-18-7-6-15-17(25(18)60(49,50)51)13-21(58(43,44)45)22(23(15)37)35-34-19-8-5-14-16(24(19)59(46,47)48)3-2-4-20(14)57(40,41)42/h2-8,13,37H,9-12H2,1H3,(H,40,41,42)(H,43,44,45)(H,46,47,48)(H,49,50,51)(H,52,53,54)(H,30,31,32,33). The van der Waals surface area contributed by atoms with Gasteiger partial charge in [0, 0.05) is 35.1 Å². The first-order valence-electron chi connectivity index (χ1n) is 15.8. The van der Waals surface area contributed by atoms with Crippen LogP contribution >= 0.6 is 0 Å². The van der Waals surface area contributed by atoms with Gasteiger partial charge in [0.05, 0.1) is 23.8 Å². The Kier molecular flexibility index (Phi) is 12.7. The number of phenolic OH excluding ortho intramolecular Hbond substituents is 1. The summed E-state index contributed by atoms with van der Waals surface area (Å²) in [5, 5.41) is 18.1. The summed E-state index contributed by atoms with van der Waals surface area (Å²) in [4.78, 5) is 7.03. The molecule has 7 N–H and O–H groups in total. The topological polar surface area (TPSA) is 414 Å². The summed E-state index contributed by atoms with van der Waals surface area (Å²) < 4.78 is 213. The van der Waals surface area contributed by atoms with E-state index < -0.39 is 167 Å². The number of azo groups is 1. The Labute approximate surface area is 343 Å². The highest BCUT2D eigenvalue weighted by molar-refractivity contribution is 7.91. The van der Waals surface area contributed by atoms with E-state index in [1.165, 1.54) is 7.05 Å². The summed E-state index contributed by atoms with van der Waals surface area (Å²) in [7, 11) is -29.2. The Morgan fingerprint density at radius 2 is 1.31 bits per heavy atom. The number of phenols is 1. The molecule has 0 bridgehead atoms. The first-order chi connectivity index (χ1) is 27.9. The highest BCUT2D eigenvalue weighted by atomic mass is 32.3. The Balaban J connectivity index is 1.59. The number of hydrogen-bond donors (Lipinski definition) is 7. The van der Waals surface area contributed by atoms with Gasteiger partial charge < -0.3 is 15.3 Å². The number of benzene rings is 4. The molecule has 0 amide bonds. The molecule has 26 nitrogen and oxygen atoms in total. The molecule has 1 aromatic heterocycles. The third-order valence-corrected chi connectivity index (χ3v) is 13.8. The first-order valence-corrected chi connectivity index (χ1v) is 24.7. The largest absolute Gasteiger partial charge is 0.505 e. The summed E-state index contributed by atoms with van der Waals surface area (Å²) in [5.74, 6) is -4.23. The summed E-state index contributed by atoms with van der Waals surface area (Å²) in [6.07, 6.45) is -1.53. The zero-order valence-corrected chi connectivity index (χ0v) is 34.8. The SMILES string of the molecule is CN(CCS(=O)(=O)CCOS(=O)(=O)O)c1nc(F)nc(Nc2ccc3c(O)c(N=Nc4ccc5c(S(=O)(=O)O)cccc5c4S(=O)(=O)O)c(S(=O)(=O)O)cc3c2S(=O)(=O)O)n1. The van der Waals surface area contributed by atoms with Crippen LogP contribution in [0.1, 0.15) is 0 Å². The van der Waals surface area contributed by atoms with E-state index in [9.17, 15) is 78.2 Å². The smallest absolute Gasteiger partial charge is 0.397 e. The minimum atomic E-state index is -5.58. The van der Waals surface area contributed by atoms with E-state index in [0.29, 0.717) is 6.07 Å². The summed E-state index contributed by atoms with van der Waals surface area (Å²) >= 11 is 0. The molecule has 1 heterocycles. The van der Waals surface area contributed by atoms with Crippen LogP contribution in [0.4, 0.5) is 33.3 Å². The van der Waals surface area contributed by atoms with Crippen molar-refractivity contribution in [3.63, 3.8) is 0 Å². The van der Waals surface area contributed by atoms with E-state index in [1.54, 1.807) is 0 Å². The van der Waals surface area contributed by atoms with E-state index >= 15 is 0 Å². The number of anilines is 3. The van der Waals surface area contributed by atoms with Gasteiger partial charge in [-0.2, -0.15) is 61.4 Å². The van der Waals surface area contributed by atoms with E-state index in [2.05, 4.69) is 34.7 Å². The Morgan fingerprint density at radius 3 is 1.90 bits per heavy atom. The molecule has 0 radical (unpaired) electrons. The van der Waals surface area contributed by atoms with Crippen molar-refractivity contribution in [1.29, 1.82) is 0 Å². The number of fused-ring (bicyclic) bond motifs is 2. The van der Waals surface area contributed by atoms with Gasteiger partial charge in [-0.05, 0) is 30.3 Å². The zero-order chi connectivity index (χ0) is 45.7. The van der Waals surface area contributed by atoms with Crippen LogP contribution in [0.2, 0.25) is 0 Å². The van der Waals surface area contributed by atoms with Crippen LogP contribution < -0.4 is 10.2 Å². The van der Waals surface area contributed by atoms with E-state index in [1.807, 2.05) is 0 Å². The van der Waals surface area contributed by atoms with Gasteiger partial charge in [-0.3, -0.25) is 22.8 Å². The number of halogens is 1. The van der Waals surface area contributed by atoms with Gasteiger partial charge >= 0.3 is 16.5 Å². The van der Waals surface area contributed by atoms with Gasteiger partial charge in [0.1, 0.15) is 31.0 Å². The lowest BCUT2D eigenvalue weighted by atomic mass is 10.1. The average Bonchev–Trinajstić information content (AvgIpc) is 3.10. The molecule has 0 aliphatic rings. The third kappa shape index (κ3) is 11.0. The molecule has 5 rings (SSSR count). The molecule has 0 unspecified atom stereocenters. The lowest BCUT2D eigenvalue weighted by molar-refractivity contribution is 0.284. The molecule has 61 heavy (non-hydrogen) atoms. The highest BCUT2D eigenvalue weighted by Gasteiger charge is 2.29. The monoisotopic (exact) mass is 975 g/mol. The summed E-state index contributed by atoms with van der Waals surface area (Å²) in [6, 6.07) is 6.67. The van der Waals surface area contributed by atoms with Crippen molar-refractivity contribution >= 4 is 111 Å². The normalized spacial score (nSPS) is 13.3. The van der Waals surface area contributed by atoms with Crippen LogP contribution in [0.5, 0.6) is 5.75 Å². The number of nitrogens with zero attached hydrogens (tertiary/aromatic N) is 6. The predicted molar refractivity (Wildman–Crippen MR) is 205 cm³/mol. The molecule has 0 aliphatic heterocycles. The number of hydrogen-bond acceptors (Lipinski definition) is 21. The van der Waals surface area contributed by atoms with E-state index in [-0.39, 0.29) is 0 Å². The van der Waals surface area contributed by atoms with E-state index in [4.69, 9.17) is 4.55 Å². The predicted octanol–water partition coefficient (Wildman–Crippen LogP) is 1.84. The number of nitrogens with one attached hydrogen (secondary N) is 1. The molecule has 5 aromatic rings. The van der Waals surface area contributed by atoms with Crippen molar-refractivity contribution in [2.75, 3.05) is 41.9 Å². The highest BCUT2D eigenvalue weighted by Crippen LogP contribution is 2.46. The molecule has 0 atom stereocenters. The molecule has 0 spiro atoms. The summed E-state index contributed by atoms with van der Waals surface area (Å²) in [5.41, 5.74) is -2.72. The summed E-state index contributed by atoms with van der Waals surface area (Å²) in [6.45, 7) is -1.39. The molecule has 0 fully saturated rings. The van der Waals surface area contributed by atoms with Crippen LogP contribution in [0, 0.1) is 6.08 Å². The molecule has 0 aliphatic carbocycles. The number of sulfone groups is 1. The fourth-order valence-electron chi connectivity index (χ4n) is 5.46. The molecule has 33 heteroatoms. The van der Waals surface area contributed by atoms with Crippen molar-refractivity contribution in [3.05, 3.63) is 54.6 Å². The van der Waals surface area contributed by atoms with Gasteiger partial charge in [0.2, 0.25) is 11.9 Å². The molecule has 0 saturated heterocycles.